The maximum absolute atomic E-state index is 10.9. The van der Waals surface area contributed by atoms with Crippen LogP contribution in [-0.2, 0) is 11.2 Å². The first-order valence-electron chi connectivity index (χ1n) is 4.62. The van der Waals surface area contributed by atoms with Gasteiger partial charge in [0.2, 0.25) is 0 Å². The van der Waals surface area contributed by atoms with Crippen molar-refractivity contribution in [2.75, 3.05) is 7.11 Å². The van der Waals surface area contributed by atoms with Crippen molar-refractivity contribution in [1.29, 1.82) is 0 Å². The molecule has 1 aliphatic carbocycles. The Kier molecular flexibility index (Phi) is 2.15. The maximum atomic E-state index is 10.9. The highest BCUT2D eigenvalue weighted by Gasteiger charge is 2.28. The lowest BCUT2D eigenvalue weighted by atomic mass is 10.0. The number of ether oxygens (including phenoxy) is 1. The van der Waals surface area contributed by atoms with Crippen LogP contribution in [0.2, 0.25) is 0 Å². The first-order valence-corrected chi connectivity index (χ1v) is 4.62. The average molecular weight is 192 g/mol. The van der Waals surface area contributed by atoms with Crippen LogP contribution in [0.1, 0.15) is 23.5 Å². The second-order valence-electron chi connectivity index (χ2n) is 3.49. The summed E-state index contributed by atoms with van der Waals surface area (Å²) in [7, 11) is 1.62. The van der Waals surface area contributed by atoms with Crippen LogP contribution in [0.3, 0.4) is 0 Å². The molecule has 0 amide bonds. The Balaban J connectivity index is 2.38. The fourth-order valence-electron chi connectivity index (χ4n) is 1.98. The van der Waals surface area contributed by atoms with E-state index in [4.69, 9.17) is 9.84 Å². The summed E-state index contributed by atoms with van der Waals surface area (Å²) in [5, 5.41) is 8.96. The molecule has 0 spiro atoms. The van der Waals surface area contributed by atoms with Crippen molar-refractivity contribution in [3.63, 3.8) is 0 Å². The molecule has 0 radical (unpaired) electrons. The monoisotopic (exact) mass is 192 g/mol. The van der Waals surface area contributed by atoms with Crippen LogP contribution in [0.25, 0.3) is 0 Å². The normalized spacial score (nSPS) is 19.1. The molecule has 3 nitrogen and oxygen atoms in total. The van der Waals surface area contributed by atoms with Gasteiger partial charge in [0.25, 0.3) is 0 Å². The molecule has 0 bridgehead atoms. The van der Waals surface area contributed by atoms with Gasteiger partial charge in [-0.05, 0) is 36.1 Å². The van der Waals surface area contributed by atoms with Gasteiger partial charge in [0.15, 0.2) is 0 Å². The SMILES string of the molecule is COc1ccc2c(c1)CCC2C(=O)O. The highest BCUT2D eigenvalue weighted by atomic mass is 16.5. The topological polar surface area (TPSA) is 46.5 Å². The molecule has 0 heterocycles. The zero-order valence-corrected chi connectivity index (χ0v) is 7.99. The Morgan fingerprint density at radius 3 is 3.00 bits per heavy atom. The van der Waals surface area contributed by atoms with Crippen LogP contribution < -0.4 is 4.74 Å². The number of benzene rings is 1. The summed E-state index contributed by atoms with van der Waals surface area (Å²) < 4.78 is 5.09. The first-order chi connectivity index (χ1) is 6.72. The maximum Gasteiger partial charge on any atom is 0.310 e. The lowest BCUT2D eigenvalue weighted by molar-refractivity contribution is -0.138. The lowest BCUT2D eigenvalue weighted by Gasteiger charge is -2.06. The Morgan fingerprint density at radius 1 is 1.57 bits per heavy atom. The number of hydrogen-bond acceptors (Lipinski definition) is 2. The number of aliphatic carboxylic acids is 1. The standard InChI is InChI=1S/C11H12O3/c1-14-8-3-5-9-7(6-8)2-4-10(9)11(12)13/h3,5-6,10H,2,4H2,1H3,(H,12,13). The second-order valence-corrected chi connectivity index (χ2v) is 3.49. The van der Waals surface area contributed by atoms with Crippen LogP contribution in [0.5, 0.6) is 5.75 Å². The number of carboxylic acids is 1. The minimum Gasteiger partial charge on any atom is -0.497 e. The predicted octanol–water partition coefficient (Wildman–Crippen LogP) is 1.81. The zero-order chi connectivity index (χ0) is 10.1. The molecule has 0 aromatic heterocycles. The third-order valence-corrected chi connectivity index (χ3v) is 2.73. The van der Waals surface area contributed by atoms with E-state index in [9.17, 15) is 4.79 Å². The fourth-order valence-corrected chi connectivity index (χ4v) is 1.98. The van der Waals surface area contributed by atoms with E-state index in [2.05, 4.69) is 0 Å². The van der Waals surface area contributed by atoms with Gasteiger partial charge in [-0.2, -0.15) is 0 Å². The van der Waals surface area contributed by atoms with Crippen LogP contribution in [0.15, 0.2) is 18.2 Å². The zero-order valence-electron chi connectivity index (χ0n) is 7.99. The fraction of sp³-hybridized carbons (Fsp3) is 0.364. The number of aryl methyl sites for hydroxylation is 1. The largest absolute Gasteiger partial charge is 0.497 e. The average Bonchev–Trinajstić information content (AvgIpc) is 2.59. The molecule has 0 saturated carbocycles. The molecule has 1 unspecified atom stereocenters. The van der Waals surface area contributed by atoms with E-state index in [0.29, 0.717) is 6.42 Å². The van der Waals surface area contributed by atoms with Gasteiger partial charge in [0.05, 0.1) is 13.0 Å². The quantitative estimate of drug-likeness (QED) is 0.777. The summed E-state index contributed by atoms with van der Waals surface area (Å²) in [6.45, 7) is 0. The summed E-state index contributed by atoms with van der Waals surface area (Å²) in [5.41, 5.74) is 2.05. The molecular weight excluding hydrogens is 180 g/mol. The van der Waals surface area contributed by atoms with Crippen molar-refractivity contribution in [2.24, 2.45) is 0 Å². The molecule has 0 fully saturated rings. The van der Waals surface area contributed by atoms with Gasteiger partial charge in [0.1, 0.15) is 5.75 Å². The lowest BCUT2D eigenvalue weighted by Crippen LogP contribution is -2.07. The molecule has 1 atom stereocenters. The van der Waals surface area contributed by atoms with Crippen LogP contribution in [0.4, 0.5) is 0 Å². The Labute approximate surface area is 82.3 Å². The molecule has 1 aliphatic rings. The molecule has 14 heavy (non-hydrogen) atoms. The first kappa shape index (κ1) is 9.06. The number of methoxy groups -OCH3 is 1. The molecule has 3 heteroatoms. The summed E-state index contributed by atoms with van der Waals surface area (Å²) in [4.78, 5) is 10.9. The van der Waals surface area contributed by atoms with E-state index in [1.54, 1.807) is 7.11 Å². The van der Waals surface area contributed by atoms with Crippen molar-refractivity contribution in [3.8, 4) is 5.75 Å². The smallest absolute Gasteiger partial charge is 0.310 e. The minimum absolute atomic E-state index is 0.323. The Morgan fingerprint density at radius 2 is 2.36 bits per heavy atom. The van der Waals surface area contributed by atoms with Crippen LogP contribution >= 0.6 is 0 Å². The van der Waals surface area contributed by atoms with Crippen LogP contribution in [-0.4, -0.2) is 18.2 Å². The van der Waals surface area contributed by atoms with Crippen LogP contribution in [0, 0.1) is 0 Å². The number of rotatable bonds is 2. The summed E-state index contributed by atoms with van der Waals surface area (Å²) >= 11 is 0. The van der Waals surface area contributed by atoms with E-state index < -0.39 is 5.97 Å². The van der Waals surface area contributed by atoms with Gasteiger partial charge < -0.3 is 9.84 Å². The Hall–Kier alpha value is -1.51. The van der Waals surface area contributed by atoms with Gasteiger partial charge in [-0.15, -0.1) is 0 Å². The molecule has 1 aromatic carbocycles. The Bertz CT molecular complexity index is 371. The van der Waals surface area contributed by atoms with Crippen molar-refractivity contribution in [2.45, 2.75) is 18.8 Å². The number of fused-ring (bicyclic) bond motifs is 1. The molecule has 2 rings (SSSR count). The van der Waals surface area contributed by atoms with E-state index in [1.165, 1.54) is 0 Å². The van der Waals surface area contributed by atoms with E-state index in [1.807, 2.05) is 18.2 Å². The highest BCUT2D eigenvalue weighted by Crippen LogP contribution is 2.35. The van der Waals surface area contributed by atoms with Gasteiger partial charge in [-0.3, -0.25) is 4.79 Å². The summed E-state index contributed by atoms with van der Waals surface area (Å²) in [5.74, 6) is -0.250. The molecule has 1 N–H and O–H groups in total. The van der Waals surface area contributed by atoms with E-state index in [0.717, 1.165) is 23.3 Å². The summed E-state index contributed by atoms with van der Waals surface area (Å²) in [6.07, 6.45) is 1.54. The van der Waals surface area contributed by atoms with Crippen molar-refractivity contribution < 1.29 is 14.6 Å². The van der Waals surface area contributed by atoms with E-state index >= 15 is 0 Å². The second kappa shape index (κ2) is 3.33. The highest BCUT2D eigenvalue weighted by molar-refractivity contribution is 5.78. The third-order valence-electron chi connectivity index (χ3n) is 2.73. The summed E-state index contributed by atoms with van der Waals surface area (Å²) in [6, 6.07) is 5.61. The van der Waals surface area contributed by atoms with Crippen molar-refractivity contribution >= 4 is 5.97 Å². The third kappa shape index (κ3) is 1.35. The number of hydrogen-bond donors (Lipinski definition) is 1. The number of carboxylic acid groups (broad SMARTS) is 1. The molecule has 1 aromatic rings. The van der Waals surface area contributed by atoms with Gasteiger partial charge in [-0.25, -0.2) is 0 Å². The van der Waals surface area contributed by atoms with E-state index in [-0.39, 0.29) is 5.92 Å². The van der Waals surface area contributed by atoms with Crippen molar-refractivity contribution in [1.82, 2.24) is 0 Å². The molecule has 0 aliphatic heterocycles. The molecular formula is C11H12O3. The molecule has 74 valence electrons. The van der Waals surface area contributed by atoms with Gasteiger partial charge in [-0.1, -0.05) is 6.07 Å². The minimum atomic E-state index is -0.728. The molecule has 0 saturated heterocycles. The van der Waals surface area contributed by atoms with Gasteiger partial charge >= 0.3 is 5.97 Å². The predicted molar refractivity (Wildman–Crippen MR) is 51.7 cm³/mol. The van der Waals surface area contributed by atoms with Crippen molar-refractivity contribution in [3.05, 3.63) is 29.3 Å². The van der Waals surface area contributed by atoms with Gasteiger partial charge in [0, 0.05) is 0 Å². The number of carbonyl (C=O) groups is 1.